The third kappa shape index (κ3) is 2.20. The van der Waals surface area contributed by atoms with Crippen molar-refractivity contribution in [3.05, 3.63) is 23.3 Å². The maximum Gasteiger partial charge on any atom is 0.169 e. The molecule has 5 nitrogen and oxygen atoms in total. The van der Waals surface area contributed by atoms with Gasteiger partial charge in [0.15, 0.2) is 17.3 Å². The zero-order valence-corrected chi connectivity index (χ0v) is 16.0. The van der Waals surface area contributed by atoms with Crippen molar-refractivity contribution in [3.63, 3.8) is 0 Å². The molecule has 1 saturated carbocycles. The van der Waals surface area contributed by atoms with E-state index in [0.717, 1.165) is 56.9 Å². The molecule has 142 valence electrons. The lowest BCUT2D eigenvalue weighted by Gasteiger charge is -2.60. The minimum absolute atomic E-state index is 0.118. The van der Waals surface area contributed by atoms with E-state index in [1.165, 1.54) is 17.5 Å². The van der Waals surface area contributed by atoms with E-state index in [2.05, 4.69) is 24.1 Å². The van der Waals surface area contributed by atoms with Gasteiger partial charge in [0.05, 0.1) is 27.4 Å². The molecule has 1 spiro atoms. The van der Waals surface area contributed by atoms with Crippen molar-refractivity contribution in [2.45, 2.75) is 49.3 Å². The predicted molar refractivity (Wildman–Crippen MR) is 97.9 cm³/mol. The van der Waals surface area contributed by atoms with Crippen LogP contribution in [0.5, 0.6) is 11.5 Å². The number of ether oxygens (including phenoxy) is 4. The lowest BCUT2D eigenvalue weighted by atomic mass is 9.51. The summed E-state index contributed by atoms with van der Waals surface area (Å²) in [6.45, 7) is 2.58. The molecule has 4 aliphatic rings. The normalized spacial score (nSPS) is 35.0. The number of nitrogens with zero attached hydrogens (tertiary/aromatic N) is 1. The fourth-order valence-electron chi connectivity index (χ4n) is 6.29. The minimum atomic E-state index is -0.376. The van der Waals surface area contributed by atoms with Gasteiger partial charge in [-0.05, 0) is 62.0 Å². The monoisotopic (exact) mass is 359 g/mol. The second kappa shape index (κ2) is 5.85. The molecule has 2 aliphatic heterocycles. The molecular formula is C21H29NO4. The van der Waals surface area contributed by atoms with Crippen LogP contribution in [0.25, 0.3) is 0 Å². The Balaban J connectivity index is 1.67. The zero-order valence-electron chi connectivity index (χ0n) is 16.0. The molecule has 3 fully saturated rings. The van der Waals surface area contributed by atoms with Gasteiger partial charge in [-0.25, -0.2) is 0 Å². The van der Waals surface area contributed by atoms with Gasteiger partial charge in [-0.15, -0.1) is 0 Å². The molecule has 2 saturated heterocycles. The molecule has 26 heavy (non-hydrogen) atoms. The summed E-state index contributed by atoms with van der Waals surface area (Å²) in [5.74, 6) is 1.95. The van der Waals surface area contributed by atoms with Gasteiger partial charge in [0.25, 0.3) is 0 Å². The van der Waals surface area contributed by atoms with Crippen molar-refractivity contribution in [2.75, 3.05) is 41.0 Å². The summed E-state index contributed by atoms with van der Waals surface area (Å²) in [7, 11) is 5.73. The lowest BCUT2D eigenvalue weighted by Crippen LogP contribution is -2.63. The molecule has 0 aromatic heterocycles. The van der Waals surface area contributed by atoms with E-state index in [1.54, 1.807) is 14.2 Å². The number of hydrogen-bond donors (Lipinski definition) is 0. The summed E-state index contributed by atoms with van der Waals surface area (Å²) in [5.41, 5.74) is 2.97. The summed E-state index contributed by atoms with van der Waals surface area (Å²) in [6.07, 6.45) is 5.40. The Morgan fingerprint density at radius 3 is 2.54 bits per heavy atom. The topological polar surface area (TPSA) is 40.2 Å². The third-order valence-corrected chi connectivity index (χ3v) is 7.46. The van der Waals surface area contributed by atoms with Gasteiger partial charge >= 0.3 is 0 Å². The molecule has 5 heteroatoms. The molecule has 0 N–H and O–H groups in total. The first-order valence-electron chi connectivity index (χ1n) is 9.84. The molecule has 0 amide bonds. The van der Waals surface area contributed by atoms with Gasteiger partial charge in [0.1, 0.15) is 0 Å². The van der Waals surface area contributed by atoms with Crippen molar-refractivity contribution in [1.82, 2.24) is 4.90 Å². The minimum Gasteiger partial charge on any atom is -0.493 e. The van der Waals surface area contributed by atoms with Crippen molar-refractivity contribution >= 4 is 0 Å². The smallest absolute Gasteiger partial charge is 0.169 e. The Bertz CT molecular complexity index is 714. The summed E-state index contributed by atoms with van der Waals surface area (Å²) in [6, 6.07) is 5.04. The molecule has 1 aromatic rings. The summed E-state index contributed by atoms with van der Waals surface area (Å²) in [5, 5.41) is 0. The Morgan fingerprint density at radius 1 is 1.08 bits per heavy atom. The number of benzene rings is 1. The Kier molecular flexibility index (Phi) is 3.79. The first-order valence-corrected chi connectivity index (χ1v) is 9.84. The van der Waals surface area contributed by atoms with Gasteiger partial charge in [-0.2, -0.15) is 0 Å². The lowest BCUT2D eigenvalue weighted by molar-refractivity contribution is -0.212. The highest BCUT2D eigenvalue weighted by atomic mass is 16.7. The number of hydrogen-bond acceptors (Lipinski definition) is 5. The van der Waals surface area contributed by atoms with Crippen LogP contribution in [-0.2, 0) is 21.3 Å². The maximum atomic E-state index is 6.17. The van der Waals surface area contributed by atoms with Crippen LogP contribution in [-0.4, -0.2) is 57.8 Å². The average molecular weight is 359 g/mol. The van der Waals surface area contributed by atoms with Gasteiger partial charge in [0, 0.05) is 24.3 Å². The van der Waals surface area contributed by atoms with Crippen molar-refractivity contribution < 1.29 is 18.9 Å². The van der Waals surface area contributed by atoms with E-state index in [4.69, 9.17) is 18.9 Å². The van der Waals surface area contributed by atoms with Crippen LogP contribution in [0.3, 0.4) is 0 Å². The second-order valence-corrected chi connectivity index (χ2v) is 8.45. The largest absolute Gasteiger partial charge is 0.493 e. The predicted octanol–water partition coefficient (Wildman–Crippen LogP) is 2.75. The summed E-state index contributed by atoms with van der Waals surface area (Å²) in [4.78, 5) is 2.57. The molecule has 3 atom stereocenters. The Hall–Kier alpha value is -1.30. The zero-order chi connectivity index (χ0) is 17.9. The van der Waals surface area contributed by atoms with Crippen LogP contribution >= 0.6 is 0 Å². The number of fused-ring (bicyclic) bond motifs is 1. The van der Waals surface area contributed by atoms with E-state index < -0.39 is 0 Å². The maximum absolute atomic E-state index is 6.17. The molecule has 5 rings (SSSR count). The SMILES string of the molecule is COc1cc2c(cc1OC)[C@@]13CCN(C)[C@@H](C2)[C@@H]1CCC1(C3)OCCO1. The Labute approximate surface area is 155 Å². The van der Waals surface area contributed by atoms with Crippen molar-refractivity contribution in [3.8, 4) is 11.5 Å². The van der Waals surface area contributed by atoms with E-state index in [-0.39, 0.29) is 11.2 Å². The molecular weight excluding hydrogens is 330 g/mol. The van der Waals surface area contributed by atoms with E-state index in [1.807, 2.05) is 0 Å². The number of likely N-dealkylation sites (N-methyl/N-ethyl adjacent to an activating group) is 1. The summed E-state index contributed by atoms with van der Waals surface area (Å²) < 4.78 is 23.6. The highest BCUT2D eigenvalue weighted by Gasteiger charge is 2.60. The van der Waals surface area contributed by atoms with Crippen molar-refractivity contribution in [1.29, 1.82) is 0 Å². The van der Waals surface area contributed by atoms with Crippen LogP contribution in [0.15, 0.2) is 12.1 Å². The van der Waals surface area contributed by atoms with Gasteiger partial charge < -0.3 is 23.8 Å². The van der Waals surface area contributed by atoms with Gasteiger partial charge in [-0.3, -0.25) is 0 Å². The molecule has 0 radical (unpaired) electrons. The molecule has 2 bridgehead atoms. The van der Waals surface area contributed by atoms with Crippen LogP contribution in [0, 0.1) is 5.92 Å². The van der Waals surface area contributed by atoms with Crippen LogP contribution in [0.2, 0.25) is 0 Å². The Morgan fingerprint density at radius 2 is 1.81 bits per heavy atom. The third-order valence-electron chi connectivity index (χ3n) is 7.46. The molecule has 0 unspecified atom stereocenters. The summed E-state index contributed by atoms with van der Waals surface area (Å²) >= 11 is 0. The highest BCUT2D eigenvalue weighted by molar-refractivity contribution is 5.53. The standard InChI is InChI=1S/C21H29NO4/c1-22-7-6-20-13-21(25-8-9-26-21)5-4-15(20)17(22)10-14-11-18(23-2)19(24-3)12-16(14)20/h11-12,15,17H,4-10,13H2,1-3H3/t15-,17-,20+/m0/s1. The fraction of sp³-hybridized carbons (Fsp3) is 0.714. The first kappa shape index (κ1) is 16.8. The van der Waals surface area contributed by atoms with Gasteiger partial charge in [0.2, 0.25) is 0 Å². The van der Waals surface area contributed by atoms with E-state index in [9.17, 15) is 0 Å². The quantitative estimate of drug-likeness (QED) is 0.812. The molecule has 2 heterocycles. The number of piperidine rings is 1. The second-order valence-electron chi connectivity index (χ2n) is 8.45. The van der Waals surface area contributed by atoms with Crippen LogP contribution < -0.4 is 9.47 Å². The van der Waals surface area contributed by atoms with E-state index >= 15 is 0 Å². The highest BCUT2D eigenvalue weighted by Crippen LogP contribution is 2.60. The number of methoxy groups -OCH3 is 2. The first-order chi connectivity index (χ1) is 12.6. The van der Waals surface area contributed by atoms with Crippen molar-refractivity contribution in [2.24, 2.45) is 5.92 Å². The van der Waals surface area contributed by atoms with E-state index in [0.29, 0.717) is 12.0 Å². The van der Waals surface area contributed by atoms with Crippen LogP contribution in [0.1, 0.15) is 36.8 Å². The molecule has 1 aromatic carbocycles. The number of rotatable bonds is 2. The number of likely N-dealkylation sites (tertiary alicyclic amines) is 1. The van der Waals surface area contributed by atoms with Crippen LogP contribution in [0.4, 0.5) is 0 Å². The van der Waals surface area contributed by atoms with Gasteiger partial charge in [-0.1, -0.05) is 0 Å². The average Bonchev–Trinajstić information content (AvgIpc) is 3.11. The fourth-order valence-corrected chi connectivity index (χ4v) is 6.29. The molecule has 2 aliphatic carbocycles.